The summed E-state index contributed by atoms with van der Waals surface area (Å²) in [5.74, 6) is 0.725. The van der Waals surface area contributed by atoms with Crippen molar-refractivity contribution in [2.24, 2.45) is 0 Å². The lowest BCUT2D eigenvalue weighted by Crippen LogP contribution is -2.24. The van der Waals surface area contributed by atoms with Crippen LogP contribution in [0.3, 0.4) is 0 Å². The van der Waals surface area contributed by atoms with E-state index in [9.17, 15) is 4.79 Å². The molecule has 0 saturated carbocycles. The van der Waals surface area contributed by atoms with Gasteiger partial charge in [0.05, 0.1) is 25.3 Å². The molecule has 1 N–H and O–H groups in total. The molecule has 5 nitrogen and oxygen atoms in total. The fraction of sp³-hybridized carbons (Fsp3) is 0.217. The van der Waals surface area contributed by atoms with Gasteiger partial charge in [0.1, 0.15) is 5.75 Å². The maximum Gasteiger partial charge on any atom is 0.220 e. The summed E-state index contributed by atoms with van der Waals surface area (Å²) in [7, 11) is 1.64. The highest BCUT2D eigenvalue weighted by molar-refractivity contribution is 6.30. The molecule has 1 heterocycles. The predicted octanol–water partition coefficient (Wildman–Crippen LogP) is 4.77. The van der Waals surface area contributed by atoms with Crippen molar-refractivity contribution in [2.75, 3.05) is 13.7 Å². The van der Waals surface area contributed by atoms with Crippen LogP contribution in [0.2, 0.25) is 5.02 Å². The van der Waals surface area contributed by atoms with E-state index in [2.05, 4.69) is 16.0 Å². The first-order valence-electron chi connectivity index (χ1n) is 9.37. The Labute approximate surface area is 175 Å². The number of rotatable bonds is 8. The number of hydrogen-bond acceptors (Lipinski definition) is 3. The highest BCUT2D eigenvalue weighted by atomic mass is 35.5. The van der Waals surface area contributed by atoms with Gasteiger partial charge in [-0.2, -0.15) is 5.26 Å². The molecule has 2 aromatic carbocycles. The molecule has 0 radical (unpaired) electrons. The number of nitrogens with zero attached hydrogens (tertiary/aromatic N) is 2. The topological polar surface area (TPSA) is 67.0 Å². The summed E-state index contributed by atoms with van der Waals surface area (Å²) in [5.41, 5.74) is 4.07. The van der Waals surface area contributed by atoms with E-state index >= 15 is 0 Å². The molecule has 3 rings (SSSR count). The highest BCUT2D eigenvalue weighted by Crippen LogP contribution is 2.29. The molecular weight excluding hydrogens is 386 g/mol. The Morgan fingerprint density at radius 1 is 1.10 bits per heavy atom. The zero-order valence-corrected chi connectivity index (χ0v) is 16.9. The Kier molecular flexibility index (Phi) is 6.94. The smallest absolute Gasteiger partial charge is 0.220 e. The Morgan fingerprint density at radius 3 is 2.48 bits per heavy atom. The largest absolute Gasteiger partial charge is 0.497 e. The molecular formula is C23H22ClN3O2. The van der Waals surface area contributed by atoms with E-state index in [0.29, 0.717) is 30.8 Å². The predicted molar refractivity (Wildman–Crippen MR) is 114 cm³/mol. The SMILES string of the molecule is COc1ccc(-n2c(CCC(=O)NCCC#N)ccc2-c2ccc(Cl)cc2)cc1. The quantitative estimate of drug-likeness (QED) is 0.547. The number of nitriles is 1. The van der Waals surface area contributed by atoms with E-state index < -0.39 is 0 Å². The number of amides is 1. The van der Waals surface area contributed by atoms with Crippen molar-refractivity contribution in [2.45, 2.75) is 19.3 Å². The molecule has 0 aliphatic carbocycles. The number of benzene rings is 2. The third-order valence-electron chi connectivity index (χ3n) is 4.60. The van der Waals surface area contributed by atoms with Gasteiger partial charge in [-0.25, -0.2) is 0 Å². The molecule has 3 aromatic rings. The van der Waals surface area contributed by atoms with Crippen LogP contribution >= 0.6 is 11.6 Å². The van der Waals surface area contributed by atoms with Crippen molar-refractivity contribution in [3.05, 3.63) is 71.4 Å². The first-order valence-corrected chi connectivity index (χ1v) is 9.75. The Balaban J connectivity index is 1.90. The van der Waals surface area contributed by atoms with Gasteiger partial charge in [0.25, 0.3) is 0 Å². The van der Waals surface area contributed by atoms with Gasteiger partial charge in [0, 0.05) is 29.4 Å². The van der Waals surface area contributed by atoms with Gasteiger partial charge in [-0.15, -0.1) is 0 Å². The number of halogens is 1. The number of methoxy groups -OCH3 is 1. The van der Waals surface area contributed by atoms with E-state index in [0.717, 1.165) is 28.4 Å². The molecule has 0 bridgehead atoms. The van der Waals surface area contributed by atoms with Crippen LogP contribution < -0.4 is 10.1 Å². The molecule has 1 aromatic heterocycles. The normalized spacial score (nSPS) is 10.4. The molecule has 148 valence electrons. The third kappa shape index (κ3) is 5.18. The zero-order chi connectivity index (χ0) is 20.6. The fourth-order valence-electron chi connectivity index (χ4n) is 3.14. The third-order valence-corrected chi connectivity index (χ3v) is 4.85. The maximum absolute atomic E-state index is 12.1. The van der Waals surface area contributed by atoms with Gasteiger partial charge in [-0.05, 0) is 60.5 Å². The summed E-state index contributed by atoms with van der Waals surface area (Å²) in [6.45, 7) is 0.380. The highest BCUT2D eigenvalue weighted by Gasteiger charge is 2.13. The van der Waals surface area contributed by atoms with Crippen LogP contribution in [0, 0.1) is 11.3 Å². The summed E-state index contributed by atoms with van der Waals surface area (Å²) in [4.78, 5) is 12.1. The number of carbonyl (C=O) groups excluding carboxylic acids is 1. The monoisotopic (exact) mass is 407 g/mol. The van der Waals surface area contributed by atoms with Gasteiger partial charge in [-0.3, -0.25) is 4.79 Å². The summed E-state index contributed by atoms with van der Waals surface area (Å²) in [6.07, 6.45) is 1.25. The first kappa shape index (κ1) is 20.5. The van der Waals surface area contributed by atoms with Gasteiger partial charge >= 0.3 is 0 Å². The van der Waals surface area contributed by atoms with Crippen LogP contribution in [0.15, 0.2) is 60.7 Å². The van der Waals surface area contributed by atoms with Crippen molar-refractivity contribution < 1.29 is 9.53 Å². The van der Waals surface area contributed by atoms with E-state index in [1.165, 1.54) is 0 Å². The summed E-state index contributed by atoms with van der Waals surface area (Å²) in [5, 5.41) is 12.0. The molecule has 0 spiro atoms. The van der Waals surface area contributed by atoms with Gasteiger partial charge < -0.3 is 14.6 Å². The van der Waals surface area contributed by atoms with Crippen molar-refractivity contribution in [1.29, 1.82) is 5.26 Å². The molecule has 0 aliphatic rings. The average molecular weight is 408 g/mol. The van der Waals surface area contributed by atoms with Crippen LogP contribution in [-0.2, 0) is 11.2 Å². The molecule has 0 fully saturated rings. The minimum atomic E-state index is -0.0595. The molecule has 29 heavy (non-hydrogen) atoms. The average Bonchev–Trinajstić information content (AvgIpc) is 3.17. The second-order valence-corrected chi connectivity index (χ2v) is 6.94. The Bertz CT molecular complexity index is 1000. The first-order chi connectivity index (χ1) is 14.1. The van der Waals surface area contributed by atoms with Crippen molar-refractivity contribution >= 4 is 17.5 Å². The second kappa shape index (κ2) is 9.81. The van der Waals surface area contributed by atoms with Crippen molar-refractivity contribution in [1.82, 2.24) is 9.88 Å². The fourth-order valence-corrected chi connectivity index (χ4v) is 3.27. The second-order valence-electron chi connectivity index (χ2n) is 6.51. The molecule has 1 amide bonds. The van der Waals surface area contributed by atoms with Crippen LogP contribution in [0.5, 0.6) is 5.75 Å². The van der Waals surface area contributed by atoms with E-state index in [1.807, 2.05) is 60.7 Å². The minimum Gasteiger partial charge on any atom is -0.497 e. The number of hydrogen-bond donors (Lipinski definition) is 1. The lowest BCUT2D eigenvalue weighted by molar-refractivity contribution is -0.121. The standard InChI is InChI=1S/C23H22ClN3O2/c1-29-21-11-7-19(8-12-21)27-20(10-14-23(28)26-16-2-15-25)9-13-22(27)17-3-5-18(24)6-4-17/h3-9,11-13H,2,10,14,16H2,1H3,(H,26,28). The lowest BCUT2D eigenvalue weighted by Gasteiger charge is -2.15. The van der Waals surface area contributed by atoms with Gasteiger partial charge in [-0.1, -0.05) is 23.7 Å². The van der Waals surface area contributed by atoms with Crippen LogP contribution in [0.4, 0.5) is 0 Å². The number of ether oxygens (including phenoxy) is 1. The molecule has 0 atom stereocenters. The molecule has 6 heteroatoms. The zero-order valence-electron chi connectivity index (χ0n) is 16.2. The summed E-state index contributed by atoms with van der Waals surface area (Å²) < 4.78 is 7.41. The molecule has 0 saturated heterocycles. The van der Waals surface area contributed by atoms with Crippen LogP contribution in [0.1, 0.15) is 18.5 Å². The number of aryl methyl sites for hydroxylation is 1. The number of carbonyl (C=O) groups is 1. The van der Waals surface area contributed by atoms with Crippen LogP contribution in [-0.4, -0.2) is 24.1 Å². The van der Waals surface area contributed by atoms with Crippen molar-refractivity contribution in [3.8, 4) is 28.8 Å². The summed E-state index contributed by atoms with van der Waals surface area (Å²) in [6, 6.07) is 21.6. The Morgan fingerprint density at radius 2 is 1.83 bits per heavy atom. The van der Waals surface area contributed by atoms with E-state index in [4.69, 9.17) is 21.6 Å². The van der Waals surface area contributed by atoms with Gasteiger partial charge in [0.15, 0.2) is 0 Å². The number of aromatic nitrogens is 1. The Hall–Kier alpha value is -3.23. The molecule has 0 unspecified atom stereocenters. The van der Waals surface area contributed by atoms with Crippen LogP contribution in [0.25, 0.3) is 16.9 Å². The number of nitrogens with one attached hydrogen (secondary N) is 1. The van der Waals surface area contributed by atoms with E-state index in [-0.39, 0.29) is 5.91 Å². The maximum atomic E-state index is 12.1. The lowest BCUT2D eigenvalue weighted by atomic mass is 10.1. The minimum absolute atomic E-state index is 0.0595. The van der Waals surface area contributed by atoms with Gasteiger partial charge in [0.2, 0.25) is 5.91 Å². The summed E-state index contributed by atoms with van der Waals surface area (Å²) >= 11 is 6.05. The van der Waals surface area contributed by atoms with E-state index in [1.54, 1.807) is 7.11 Å². The van der Waals surface area contributed by atoms with Crippen molar-refractivity contribution in [3.63, 3.8) is 0 Å². The molecule has 0 aliphatic heterocycles.